The van der Waals surface area contributed by atoms with Crippen molar-refractivity contribution in [3.8, 4) is 0 Å². The maximum Gasteiger partial charge on any atom is 0.255 e. The number of halogens is 1. The van der Waals surface area contributed by atoms with Crippen LogP contribution in [0.25, 0.3) is 10.9 Å². The van der Waals surface area contributed by atoms with E-state index in [-0.39, 0.29) is 11.7 Å². The van der Waals surface area contributed by atoms with Gasteiger partial charge in [-0.15, -0.1) is 0 Å². The number of aromatic nitrogens is 1. The smallest absolute Gasteiger partial charge is 0.255 e. The van der Waals surface area contributed by atoms with Gasteiger partial charge in [0.1, 0.15) is 5.82 Å². The fourth-order valence-corrected chi connectivity index (χ4v) is 3.44. The monoisotopic (exact) mass is 349 g/mol. The summed E-state index contributed by atoms with van der Waals surface area (Å²) >= 11 is 0. The van der Waals surface area contributed by atoms with Crippen molar-refractivity contribution in [3.63, 3.8) is 0 Å². The van der Waals surface area contributed by atoms with Gasteiger partial charge in [0.2, 0.25) is 0 Å². The van der Waals surface area contributed by atoms with Gasteiger partial charge in [0.25, 0.3) is 5.91 Å². The zero-order valence-electron chi connectivity index (χ0n) is 14.6. The molecule has 0 aliphatic carbocycles. The Kier molecular flexibility index (Phi) is 4.29. The molecule has 0 atom stereocenters. The number of hydrogen-bond acceptors (Lipinski definition) is 3. The highest BCUT2D eigenvalue weighted by Crippen LogP contribution is 2.31. The molecule has 4 nitrogen and oxygen atoms in total. The Balaban J connectivity index is 1.65. The summed E-state index contributed by atoms with van der Waals surface area (Å²) in [6, 6.07) is 13.4. The van der Waals surface area contributed by atoms with Crippen molar-refractivity contribution < 1.29 is 9.18 Å². The summed E-state index contributed by atoms with van der Waals surface area (Å²) in [5, 5.41) is 3.96. The number of carbonyl (C=O) groups is 1. The van der Waals surface area contributed by atoms with Crippen LogP contribution < -0.4 is 10.2 Å². The standard InChI is InChI=1S/C21H20FN3O/c1-14-12-20(25-10-2-3-11-25)18-9-8-17(13-19(18)23-14)24-21(26)15-4-6-16(22)7-5-15/h4-9,12-13H,2-3,10-11H2,1H3,(H,24,26). The summed E-state index contributed by atoms with van der Waals surface area (Å²) in [6.07, 6.45) is 2.43. The first kappa shape index (κ1) is 16.5. The number of carbonyl (C=O) groups excluding carboxylic acids is 1. The van der Waals surface area contributed by atoms with E-state index in [1.54, 1.807) is 0 Å². The number of nitrogens with zero attached hydrogens (tertiary/aromatic N) is 2. The van der Waals surface area contributed by atoms with Gasteiger partial charge >= 0.3 is 0 Å². The number of anilines is 2. The van der Waals surface area contributed by atoms with Crippen LogP contribution in [0.15, 0.2) is 48.5 Å². The minimum atomic E-state index is -0.360. The van der Waals surface area contributed by atoms with Crippen LogP contribution in [-0.2, 0) is 0 Å². The van der Waals surface area contributed by atoms with Crippen molar-refractivity contribution >= 4 is 28.2 Å². The first-order valence-electron chi connectivity index (χ1n) is 8.83. The lowest BCUT2D eigenvalue weighted by Gasteiger charge is -2.20. The number of aryl methyl sites for hydroxylation is 1. The van der Waals surface area contributed by atoms with E-state index >= 15 is 0 Å². The van der Waals surface area contributed by atoms with Crippen LogP contribution in [0.1, 0.15) is 28.9 Å². The third-order valence-corrected chi connectivity index (χ3v) is 4.73. The van der Waals surface area contributed by atoms with Crippen LogP contribution in [0.2, 0.25) is 0 Å². The van der Waals surface area contributed by atoms with Gasteiger partial charge in [-0.2, -0.15) is 0 Å². The molecule has 26 heavy (non-hydrogen) atoms. The molecule has 0 saturated carbocycles. The van der Waals surface area contributed by atoms with Crippen molar-refractivity contribution in [2.24, 2.45) is 0 Å². The van der Waals surface area contributed by atoms with Crippen molar-refractivity contribution in [2.75, 3.05) is 23.3 Å². The van der Waals surface area contributed by atoms with Crippen LogP contribution >= 0.6 is 0 Å². The molecule has 1 N–H and O–H groups in total. The SMILES string of the molecule is Cc1cc(N2CCCC2)c2ccc(NC(=O)c3ccc(F)cc3)cc2n1. The van der Waals surface area contributed by atoms with E-state index in [0.29, 0.717) is 11.3 Å². The zero-order valence-corrected chi connectivity index (χ0v) is 14.6. The molecule has 0 spiro atoms. The lowest BCUT2D eigenvalue weighted by molar-refractivity contribution is 0.102. The Hall–Kier alpha value is -2.95. The Morgan fingerprint density at radius 3 is 2.54 bits per heavy atom. The van der Waals surface area contributed by atoms with E-state index in [1.807, 2.05) is 25.1 Å². The van der Waals surface area contributed by atoms with Crippen molar-refractivity contribution in [1.29, 1.82) is 0 Å². The van der Waals surface area contributed by atoms with E-state index in [4.69, 9.17) is 0 Å². The first-order valence-corrected chi connectivity index (χ1v) is 8.83. The Morgan fingerprint density at radius 2 is 1.81 bits per heavy atom. The van der Waals surface area contributed by atoms with Crippen LogP contribution in [0.4, 0.5) is 15.8 Å². The predicted octanol–water partition coefficient (Wildman–Crippen LogP) is 4.53. The lowest BCUT2D eigenvalue weighted by Crippen LogP contribution is -2.18. The average Bonchev–Trinajstić information content (AvgIpc) is 3.15. The van der Waals surface area contributed by atoms with Gasteiger partial charge in [0.15, 0.2) is 0 Å². The van der Waals surface area contributed by atoms with Gasteiger partial charge in [-0.05, 0) is 68.3 Å². The summed E-state index contributed by atoms with van der Waals surface area (Å²) in [7, 11) is 0. The largest absolute Gasteiger partial charge is 0.371 e. The average molecular weight is 349 g/mol. The highest BCUT2D eigenvalue weighted by atomic mass is 19.1. The molecule has 3 aromatic rings. The van der Waals surface area contributed by atoms with Crippen LogP contribution in [-0.4, -0.2) is 24.0 Å². The molecular weight excluding hydrogens is 329 g/mol. The quantitative estimate of drug-likeness (QED) is 0.755. The van der Waals surface area contributed by atoms with Crippen molar-refractivity contribution in [3.05, 3.63) is 65.6 Å². The number of nitrogens with one attached hydrogen (secondary N) is 1. The van der Waals surface area contributed by atoms with Gasteiger partial charge in [0, 0.05) is 41.1 Å². The van der Waals surface area contributed by atoms with E-state index < -0.39 is 0 Å². The minimum Gasteiger partial charge on any atom is -0.371 e. The fourth-order valence-electron chi connectivity index (χ4n) is 3.44. The fraction of sp³-hybridized carbons (Fsp3) is 0.238. The molecule has 0 unspecified atom stereocenters. The lowest BCUT2D eigenvalue weighted by atomic mass is 10.1. The van der Waals surface area contributed by atoms with Gasteiger partial charge in [0.05, 0.1) is 5.52 Å². The van der Waals surface area contributed by atoms with Crippen LogP contribution in [0.5, 0.6) is 0 Å². The second-order valence-corrected chi connectivity index (χ2v) is 6.67. The molecule has 2 heterocycles. The number of rotatable bonds is 3. The molecule has 4 rings (SSSR count). The third kappa shape index (κ3) is 3.25. The molecule has 1 aliphatic heterocycles. The Labute approximate surface area is 151 Å². The van der Waals surface area contributed by atoms with Crippen molar-refractivity contribution in [1.82, 2.24) is 4.98 Å². The molecule has 132 valence electrons. The van der Waals surface area contributed by atoms with E-state index in [2.05, 4.69) is 21.3 Å². The number of pyridine rings is 1. The van der Waals surface area contributed by atoms with Crippen LogP contribution in [0.3, 0.4) is 0 Å². The predicted molar refractivity (Wildman–Crippen MR) is 102 cm³/mol. The molecule has 1 aromatic heterocycles. The number of amides is 1. The highest BCUT2D eigenvalue weighted by Gasteiger charge is 2.16. The molecule has 1 saturated heterocycles. The van der Waals surface area contributed by atoms with E-state index in [0.717, 1.165) is 29.7 Å². The van der Waals surface area contributed by atoms with E-state index in [1.165, 1.54) is 42.8 Å². The topological polar surface area (TPSA) is 45.2 Å². The summed E-state index contributed by atoms with van der Waals surface area (Å²) in [6.45, 7) is 4.13. The third-order valence-electron chi connectivity index (χ3n) is 4.73. The molecule has 0 bridgehead atoms. The maximum absolute atomic E-state index is 13.0. The normalized spacial score (nSPS) is 14.0. The number of hydrogen-bond donors (Lipinski definition) is 1. The molecule has 0 radical (unpaired) electrons. The molecule has 2 aromatic carbocycles. The molecule has 1 fully saturated rings. The molecule has 1 amide bonds. The zero-order chi connectivity index (χ0) is 18.1. The molecule has 1 aliphatic rings. The van der Waals surface area contributed by atoms with E-state index in [9.17, 15) is 9.18 Å². The Bertz CT molecular complexity index is 963. The molecule has 5 heteroatoms. The minimum absolute atomic E-state index is 0.267. The van der Waals surface area contributed by atoms with Gasteiger partial charge in [-0.1, -0.05) is 0 Å². The van der Waals surface area contributed by atoms with Gasteiger partial charge in [-0.25, -0.2) is 4.39 Å². The summed E-state index contributed by atoms with van der Waals surface area (Å²) in [5.41, 5.74) is 4.13. The van der Waals surface area contributed by atoms with Crippen LogP contribution in [0, 0.1) is 12.7 Å². The number of benzene rings is 2. The van der Waals surface area contributed by atoms with Gasteiger partial charge in [-0.3, -0.25) is 9.78 Å². The maximum atomic E-state index is 13.0. The Morgan fingerprint density at radius 1 is 1.08 bits per heavy atom. The number of fused-ring (bicyclic) bond motifs is 1. The summed E-state index contributed by atoms with van der Waals surface area (Å²) in [4.78, 5) is 19.4. The second kappa shape index (κ2) is 6.75. The highest BCUT2D eigenvalue weighted by molar-refractivity contribution is 6.05. The summed E-state index contributed by atoms with van der Waals surface area (Å²) in [5.74, 6) is -0.627. The molecular formula is C21H20FN3O. The van der Waals surface area contributed by atoms with Crippen molar-refractivity contribution in [2.45, 2.75) is 19.8 Å². The first-order chi connectivity index (χ1) is 12.6. The summed E-state index contributed by atoms with van der Waals surface area (Å²) < 4.78 is 13.0. The van der Waals surface area contributed by atoms with Gasteiger partial charge < -0.3 is 10.2 Å². The second-order valence-electron chi connectivity index (χ2n) is 6.67.